The van der Waals surface area contributed by atoms with Gasteiger partial charge < -0.3 is 10.4 Å². The molecule has 0 aliphatic rings. The maximum atomic E-state index is 10.4. The van der Waals surface area contributed by atoms with Gasteiger partial charge in [0.2, 0.25) is 5.88 Å². The number of azo groups is 1. The summed E-state index contributed by atoms with van der Waals surface area (Å²) in [6.45, 7) is 0. The third-order valence-corrected chi connectivity index (χ3v) is 3.35. The lowest BCUT2D eigenvalue weighted by molar-refractivity contribution is 0.434. The van der Waals surface area contributed by atoms with Gasteiger partial charge in [-0.2, -0.15) is 15.0 Å². The number of para-hydroxylation sites is 1. The number of aryl methyl sites for hydroxylation is 1. The average molecular weight is 322 g/mol. The van der Waals surface area contributed by atoms with Crippen LogP contribution in [0.15, 0.2) is 46.8 Å². The number of aromatic hydroxyl groups is 1. The second-order valence-corrected chi connectivity index (χ2v) is 4.84. The molecule has 0 aliphatic carbocycles. The Bertz CT molecular complexity index is 933. The Morgan fingerprint density at radius 3 is 2.67 bits per heavy atom. The molecule has 9 heteroatoms. The summed E-state index contributed by atoms with van der Waals surface area (Å²) >= 11 is 0. The van der Waals surface area contributed by atoms with Gasteiger partial charge in [-0.25, -0.2) is 4.68 Å². The fourth-order valence-corrected chi connectivity index (χ4v) is 2.14. The Morgan fingerprint density at radius 1 is 1.25 bits per heavy atom. The highest BCUT2D eigenvalue weighted by Gasteiger charge is 2.18. The minimum Gasteiger partial charge on any atom is -0.492 e. The Hall–Kier alpha value is -3.67. The minimum absolute atomic E-state index is 0.157. The molecule has 24 heavy (non-hydrogen) atoms. The molecule has 9 nitrogen and oxygen atoms in total. The highest BCUT2D eigenvalue weighted by Crippen LogP contribution is 2.37. The van der Waals surface area contributed by atoms with Gasteiger partial charge in [-0.1, -0.05) is 18.2 Å². The van der Waals surface area contributed by atoms with Gasteiger partial charge in [-0.05, 0) is 12.1 Å². The van der Waals surface area contributed by atoms with E-state index in [-0.39, 0.29) is 11.6 Å². The molecule has 1 aromatic carbocycles. The van der Waals surface area contributed by atoms with Crippen LogP contribution in [0.3, 0.4) is 0 Å². The van der Waals surface area contributed by atoms with Crippen LogP contribution in [0.1, 0.15) is 5.56 Å². The molecular weight excluding hydrogens is 308 g/mol. The van der Waals surface area contributed by atoms with Crippen molar-refractivity contribution in [3.05, 3.63) is 42.1 Å². The van der Waals surface area contributed by atoms with Crippen molar-refractivity contribution in [3.8, 4) is 17.6 Å². The maximum absolute atomic E-state index is 10.4. The van der Waals surface area contributed by atoms with E-state index in [4.69, 9.17) is 5.26 Å². The third kappa shape index (κ3) is 2.56. The first-order valence-corrected chi connectivity index (χ1v) is 7.04. The quantitative estimate of drug-likeness (QED) is 0.716. The van der Waals surface area contributed by atoms with Gasteiger partial charge in [0, 0.05) is 14.1 Å². The van der Waals surface area contributed by atoms with Gasteiger partial charge in [0.1, 0.15) is 11.6 Å². The topological polar surface area (TPSA) is 116 Å². The summed E-state index contributed by atoms with van der Waals surface area (Å²) in [5.41, 5.74) is 1.15. The fraction of sp³-hybridized carbons (Fsp3) is 0.133. The van der Waals surface area contributed by atoms with E-state index in [1.54, 1.807) is 14.1 Å². The highest BCUT2D eigenvalue weighted by atomic mass is 16.3. The van der Waals surface area contributed by atoms with E-state index in [2.05, 4.69) is 25.7 Å². The number of nitriles is 1. The molecular formula is C15H14N8O. The van der Waals surface area contributed by atoms with E-state index in [0.29, 0.717) is 22.9 Å². The van der Waals surface area contributed by atoms with E-state index in [1.165, 1.54) is 15.6 Å². The Morgan fingerprint density at radius 2 is 2.00 bits per heavy atom. The van der Waals surface area contributed by atoms with Gasteiger partial charge in [-0.3, -0.25) is 0 Å². The second-order valence-electron chi connectivity index (χ2n) is 4.84. The number of aromatic nitrogens is 4. The van der Waals surface area contributed by atoms with Crippen LogP contribution in [0, 0.1) is 11.3 Å². The Balaban J connectivity index is 2.05. The Labute approximate surface area is 137 Å². The van der Waals surface area contributed by atoms with Crippen molar-refractivity contribution in [1.29, 1.82) is 5.26 Å². The molecule has 120 valence electrons. The number of hydrogen-bond donors (Lipinski definition) is 2. The lowest BCUT2D eigenvalue weighted by atomic mass is 10.3. The summed E-state index contributed by atoms with van der Waals surface area (Å²) in [5.74, 6) is 0.502. The van der Waals surface area contributed by atoms with Gasteiger partial charge in [0.25, 0.3) is 0 Å². The van der Waals surface area contributed by atoms with Crippen molar-refractivity contribution in [2.24, 2.45) is 17.3 Å². The molecule has 0 unspecified atom stereocenters. The average Bonchev–Trinajstić information content (AvgIpc) is 3.13. The van der Waals surface area contributed by atoms with Gasteiger partial charge in [-0.15, -0.1) is 15.3 Å². The van der Waals surface area contributed by atoms with Crippen LogP contribution in [0.2, 0.25) is 0 Å². The van der Waals surface area contributed by atoms with E-state index in [1.807, 2.05) is 36.4 Å². The minimum atomic E-state index is -0.157. The molecule has 0 spiro atoms. The molecule has 0 atom stereocenters. The lowest BCUT2D eigenvalue weighted by Gasteiger charge is -2.01. The monoisotopic (exact) mass is 322 g/mol. The van der Waals surface area contributed by atoms with Crippen LogP contribution in [0.25, 0.3) is 5.69 Å². The van der Waals surface area contributed by atoms with Gasteiger partial charge in [0.05, 0.1) is 11.9 Å². The molecule has 3 aromatic rings. The summed E-state index contributed by atoms with van der Waals surface area (Å²) in [5, 5.41) is 38.7. The number of anilines is 1. The molecule has 0 amide bonds. The molecule has 3 rings (SSSR count). The highest BCUT2D eigenvalue weighted by molar-refractivity contribution is 5.68. The molecule has 2 heterocycles. The predicted octanol–water partition coefficient (Wildman–Crippen LogP) is 2.64. The lowest BCUT2D eigenvalue weighted by Crippen LogP contribution is -1.96. The van der Waals surface area contributed by atoms with Gasteiger partial charge >= 0.3 is 0 Å². The zero-order chi connectivity index (χ0) is 17.1. The van der Waals surface area contributed by atoms with Crippen LogP contribution < -0.4 is 5.32 Å². The SMILES string of the molecule is CNc1nn(-c2ccccc2)c(O)c1N=Nc1c(C#N)cnn1C. The van der Waals surface area contributed by atoms with E-state index in [0.717, 1.165) is 0 Å². The largest absolute Gasteiger partial charge is 0.492 e. The Kier molecular flexibility index (Phi) is 3.94. The van der Waals surface area contributed by atoms with Gasteiger partial charge in [0.15, 0.2) is 17.3 Å². The fourth-order valence-electron chi connectivity index (χ4n) is 2.14. The predicted molar refractivity (Wildman–Crippen MR) is 86.9 cm³/mol. The second kappa shape index (κ2) is 6.21. The summed E-state index contributed by atoms with van der Waals surface area (Å²) in [6, 6.07) is 11.2. The zero-order valence-electron chi connectivity index (χ0n) is 13.0. The summed E-state index contributed by atoms with van der Waals surface area (Å²) in [6.07, 6.45) is 1.40. The molecule has 0 radical (unpaired) electrons. The van der Waals surface area contributed by atoms with Crippen LogP contribution >= 0.6 is 0 Å². The number of hydrogen-bond acceptors (Lipinski definition) is 7. The van der Waals surface area contributed by atoms with Crippen molar-refractivity contribution in [1.82, 2.24) is 19.6 Å². The number of nitrogens with one attached hydrogen (secondary N) is 1. The first kappa shape index (κ1) is 15.2. The van der Waals surface area contributed by atoms with E-state index >= 15 is 0 Å². The van der Waals surface area contributed by atoms with Crippen LogP contribution in [0.4, 0.5) is 17.3 Å². The first-order chi connectivity index (χ1) is 11.7. The van der Waals surface area contributed by atoms with E-state index < -0.39 is 0 Å². The summed E-state index contributed by atoms with van der Waals surface area (Å²) in [7, 11) is 3.32. The number of rotatable bonds is 4. The normalized spacial score (nSPS) is 10.9. The molecule has 0 bridgehead atoms. The smallest absolute Gasteiger partial charge is 0.245 e. The molecule has 0 aliphatic heterocycles. The summed E-state index contributed by atoms with van der Waals surface area (Å²) in [4.78, 5) is 0. The third-order valence-electron chi connectivity index (χ3n) is 3.35. The first-order valence-electron chi connectivity index (χ1n) is 7.04. The number of benzene rings is 1. The molecule has 2 N–H and O–H groups in total. The standard InChI is InChI=1S/C15H14N8O/c1-17-13-12(19-20-14-10(8-16)9-18-22(14)2)15(24)23(21-13)11-6-4-3-5-7-11/h3-7,9,24H,1-2H3,(H,17,21). The van der Waals surface area contributed by atoms with E-state index in [9.17, 15) is 5.11 Å². The van der Waals surface area contributed by atoms with Crippen molar-refractivity contribution in [2.75, 3.05) is 12.4 Å². The zero-order valence-corrected chi connectivity index (χ0v) is 13.0. The van der Waals surface area contributed by atoms with Crippen molar-refractivity contribution < 1.29 is 5.11 Å². The van der Waals surface area contributed by atoms with Crippen LogP contribution in [-0.4, -0.2) is 31.7 Å². The van der Waals surface area contributed by atoms with Crippen LogP contribution in [-0.2, 0) is 7.05 Å². The maximum Gasteiger partial charge on any atom is 0.245 e. The molecule has 0 saturated carbocycles. The van der Waals surface area contributed by atoms with Crippen molar-refractivity contribution in [2.45, 2.75) is 0 Å². The van der Waals surface area contributed by atoms with Crippen molar-refractivity contribution in [3.63, 3.8) is 0 Å². The summed E-state index contributed by atoms with van der Waals surface area (Å²) < 4.78 is 2.79. The molecule has 0 fully saturated rings. The van der Waals surface area contributed by atoms with Crippen LogP contribution in [0.5, 0.6) is 5.88 Å². The molecule has 2 aromatic heterocycles. The molecule has 0 saturated heterocycles. The number of nitrogens with zero attached hydrogens (tertiary/aromatic N) is 7. The van der Waals surface area contributed by atoms with Crippen molar-refractivity contribution >= 4 is 17.3 Å².